The number of methoxy groups -OCH3 is 2. The molecule has 1 saturated carbocycles. The van der Waals surface area contributed by atoms with Crippen LogP contribution in [0.3, 0.4) is 0 Å². The van der Waals surface area contributed by atoms with Crippen LogP contribution in [-0.4, -0.2) is 47.9 Å². The van der Waals surface area contributed by atoms with Gasteiger partial charge >= 0.3 is 0 Å². The first-order chi connectivity index (χ1) is 18.6. The molecule has 1 fully saturated rings. The first-order valence-electron chi connectivity index (χ1n) is 12.7. The molecule has 0 amide bonds. The predicted octanol–water partition coefficient (Wildman–Crippen LogP) is 5.01. The molecule has 11 heteroatoms. The molecule has 0 spiro atoms. The van der Waals surface area contributed by atoms with Gasteiger partial charge in [-0.1, -0.05) is 48.7 Å². The van der Waals surface area contributed by atoms with Gasteiger partial charge in [0.25, 0.3) is 0 Å². The van der Waals surface area contributed by atoms with E-state index in [2.05, 4.69) is 4.72 Å². The van der Waals surface area contributed by atoms with Crippen molar-refractivity contribution in [2.24, 2.45) is 0 Å². The maximum atomic E-state index is 13.8. The summed E-state index contributed by atoms with van der Waals surface area (Å²) in [7, 11) is -4.64. The molecule has 1 aliphatic rings. The molecule has 0 aliphatic heterocycles. The minimum absolute atomic E-state index is 0.00156. The lowest BCUT2D eigenvalue weighted by Crippen LogP contribution is -2.33. The standard InChI is InChI=1S/C28H33ClN2O6S2/c1-36-27-16-11-21(19-28(27)37-2)17-18-31(20-22-7-3-6-10-26(22)29)39(34,35)25-14-12-24(13-15-25)38(32,33)30-23-8-4-5-9-23/h3,6-7,10-16,19,23,30H,4-5,8-9,17-18,20H2,1-2H3. The van der Waals surface area contributed by atoms with Gasteiger partial charge in [0.15, 0.2) is 11.5 Å². The van der Waals surface area contributed by atoms with E-state index in [4.69, 9.17) is 21.1 Å². The maximum Gasteiger partial charge on any atom is 0.243 e. The van der Waals surface area contributed by atoms with E-state index in [-0.39, 0.29) is 28.9 Å². The summed E-state index contributed by atoms with van der Waals surface area (Å²) in [6, 6.07) is 17.8. The molecule has 0 heterocycles. The molecule has 39 heavy (non-hydrogen) atoms. The maximum absolute atomic E-state index is 13.8. The lowest BCUT2D eigenvalue weighted by molar-refractivity contribution is 0.354. The van der Waals surface area contributed by atoms with Gasteiger partial charge in [0.2, 0.25) is 20.0 Å². The number of rotatable bonds is 12. The predicted molar refractivity (Wildman–Crippen MR) is 151 cm³/mol. The number of nitrogens with one attached hydrogen (secondary N) is 1. The number of ether oxygens (including phenoxy) is 2. The van der Waals surface area contributed by atoms with Gasteiger partial charge in [-0.2, -0.15) is 4.31 Å². The Bertz CT molecular complexity index is 1490. The van der Waals surface area contributed by atoms with Gasteiger partial charge in [-0.05, 0) is 72.9 Å². The van der Waals surface area contributed by atoms with Gasteiger partial charge in [0.1, 0.15) is 0 Å². The Morgan fingerprint density at radius 3 is 2.15 bits per heavy atom. The fraction of sp³-hybridized carbons (Fsp3) is 0.357. The Morgan fingerprint density at radius 2 is 1.51 bits per heavy atom. The quantitative estimate of drug-likeness (QED) is 0.317. The third-order valence-electron chi connectivity index (χ3n) is 6.85. The summed E-state index contributed by atoms with van der Waals surface area (Å²) in [6.07, 6.45) is 4.01. The molecule has 8 nitrogen and oxygen atoms in total. The van der Waals surface area contributed by atoms with Crippen molar-refractivity contribution < 1.29 is 26.3 Å². The molecule has 0 aromatic heterocycles. The highest BCUT2D eigenvalue weighted by Gasteiger charge is 2.27. The van der Waals surface area contributed by atoms with Gasteiger partial charge in [-0.15, -0.1) is 0 Å². The lowest BCUT2D eigenvalue weighted by atomic mass is 10.1. The third kappa shape index (κ3) is 7.12. The molecule has 1 aliphatic carbocycles. The van der Waals surface area contributed by atoms with E-state index in [9.17, 15) is 16.8 Å². The Kier molecular flexibility index (Phi) is 9.56. The van der Waals surface area contributed by atoms with Crippen LogP contribution in [0.15, 0.2) is 76.5 Å². The van der Waals surface area contributed by atoms with Crippen molar-refractivity contribution in [1.29, 1.82) is 0 Å². The van der Waals surface area contributed by atoms with Crippen molar-refractivity contribution in [2.45, 2.75) is 54.5 Å². The molecule has 0 radical (unpaired) electrons. The van der Waals surface area contributed by atoms with Crippen LogP contribution in [0.1, 0.15) is 36.8 Å². The summed E-state index contributed by atoms with van der Waals surface area (Å²) >= 11 is 6.37. The molecular formula is C28H33ClN2O6S2. The normalized spacial score (nSPS) is 14.6. The van der Waals surface area contributed by atoms with Gasteiger partial charge in [-0.3, -0.25) is 0 Å². The second-order valence-corrected chi connectivity index (χ2v) is 13.5. The van der Waals surface area contributed by atoms with Crippen LogP contribution in [0.25, 0.3) is 0 Å². The molecule has 3 aromatic rings. The Balaban J connectivity index is 1.59. The smallest absolute Gasteiger partial charge is 0.243 e. The van der Waals surface area contributed by atoms with E-state index in [1.165, 1.54) is 28.6 Å². The summed E-state index contributed by atoms with van der Waals surface area (Å²) in [5, 5.41) is 0.461. The first kappa shape index (κ1) is 29.4. The fourth-order valence-corrected chi connectivity index (χ4v) is 7.58. The van der Waals surface area contributed by atoms with Crippen molar-refractivity contribution in [2.75, 3.05) is 20.8 Å². The molecular weight excluding hydrogens is 560 g/mol. The minimum atomic E-state index is -4.00. The first-order valence-corrected chi connectivity index (χ1v) is 16.0. The van der Waals surface area contributed by atoms with Crippen LogP contribution in [0.5, 0.6) is 11.5 Å². The number of nitrogens with zero attached hydrogens (tertiary/aromatic N) is 1. The molecule has 0 saturated heterocycles. The SMILES string of the molecule is COc1ccc(CCN(Cc2ccccc2Cl)S(=O)(=O)c2ccc(S(=O)(=O)NC3CCCC3)cc2)cc1OC. The number of hydrogen-bond donors (Lipinski definition) is 1. The van der Waals surface area contributed by atoms with Crippen molar-refractivity contribution in [3.63, 3.8) is 0 Å². The van der Waals surface area contributed by atoms with E-state index in [0.29, 0.717) is 28.5 Å². The monoisotopic (exact) mass is 592 g/mol. The van der Waals surface area contributed by atoms with Crippen molar-refractivity contribution >= 4 is 31.6 Å². The fourth-order valence-electron chi connectivity index (χ4n) is 4.66. The molecule has 1 N–H and O–H groups in total. The molecule has 0 unspecified atom stereocenters. The second-order valence-electron chi connectivity index (χ2n) is 9.44. The largest absolute Gasteiger partial charge is 0.493 e. The minimum Gasteiger partial charge on any atom is -0.493 e. The van der Waals surface area contributed by atoms with E-state index in [1.54, 1.807) is 44.6 Å². The van der Waals surface area contributed by atoms with Crippen molar-refractivity contribution in [1.82, 2.24) is 9.03 Å². The molecule has 3 aromatic carbocycles. The number of hydrogen-bond acceptors (Lipinski definition) is 6. The van der Waals surface area contributed by atoms with E-state index >= 15 is 0 Å². The number of benzene rings is 3. The molecule has 210 valence electrons. The van der Waals surface area contributed by atoms with Gasteiger partial charge in [0.05, 0.1) is 24.0 Å². The molecule has 0 bridgehead atoms. The van der Waals surface area contributed by atoms with Crippen LogP contribution in [0, 0.1) is 0 Å². The Morgan fingerprint density at radius 1 is 0.872 bits per heavy atom. The van der Waals surface area contributed by atoms with E-state index in [1.807, 2.05) is 12.1 Å². The lowest BCUT2D eigenvalue weighted by Gasteiger charge is -2.23. The Hall–Kier alpha value is -2.63. The van der Waals surface area contributed by atoms with Gasteiger partial charge < -0.3 is 9.47 Å². The summed E-state index contributed by atoms with van der Waals surface area (Å²) in [5.74, 6) is 1.14. The third-order valence-corrected chi connectivity index (χ3v) is 10.6. The van der Waals surface area contributed by atoms with Crippen LogP contribution in [0.4, 0.5) is 0 Å². The topological polar surface area (TPSA) is 102 Å². The summed E-state index contributed by atoms with van der Waals surface area (Å²) in [6.45, 7) is 0.213. The summed E-state index contributed by atoms with van der Waals surface area (Å²) < 4.78 is 68.0. The highest BCUT2D eigenvalue weighted by Crippen LogP contribution is 2.29. The highest BCUT2D eigenvalue weighted by atomic mass is 35.5. The Labute approximate surface area is 236 Å². The summed E-state index contributed by atoms with van der Waals surface area (Å²) in [5.41, 5.74) is 1.53. The van der Waals surface area contributed by atoms with Gasteiger partial charge in [0, 0.05) is 24.2 Å². The van der Waals surface area contributed by atoms with Crippen molar-refractivity contribution in [3.8, 4) is 11.5 Å². The zero-order chi connectivity index (χ0) is 28.0. The average molecular weight is 593 g/mol. The zero-order valence-corrected chi connectivity index (χ0v) is 24.4. The number of halogens is 1. The van der Waals surface area contributed by atoms with Crippen LogP contribution in [0.2, 0.25) is 5.02 Å². The summed E-state index contributed by atoms with van der Waals surface area (Å²) in [4.78, 5) is 0.0398. The second kappa shape index (κ2) is 12.7. The van der Waals surface area contributed by atoms with E-state index in [0.717, 1.165) is 31.2 Å². The number of sulfonamides is 2. The highest BCUT2D eigenvalue weighted by molar-refractivity contribution is 7.89. The van der Waals surface area contributed by atoms with E-state index < -0.39 is 20.0 Å². The average Bonchev–Trinajstić information content (AvgIpc) is 3.44. The van der Waals surface area contributed by atoms with Crippen LogP contribution >= 0.6 is 11.6 Å². The van der Waals surface area contributed by atoms with Gasteiger partial charge in [-0.25, -0.2) is 21.6 Å². The molecule has 0 atom stereocenters. The van der Waals surface area contributed by atoms with Crippen LogP contribution in [-0.2, 0) is 33.0 Å². The zero-order valence-electron chi connectivity index (χ0n) is 22.0. The van der Waals surface area contributed by atoms with Crippen molar-refractivity contribution in [3.05, 3.63) is 82.9 Å². The van der Waals surface area contributed by atoms with Crippen LogP contribution < -0.4 is 14.2 Å². The molecule has 4 rings (SSSR count).